The SMILES string of the molecule is CCC(CC)N(C)C(C)C(N)c1ccccc1. The third kappa shape index (κ3) is 3.55. The van der Waals surface area contributed by atoms with Gasteiger partial charge in [-0.15, -0.1) is 0 Å². The molecule has 1 rings (SSSR count). The predicted octanol–water partition coefficient (Wildman–Crippen LogP) is 3.20. The lowest BCUT2D eigenvalue weighted by atomic mass is 9.98. The summed E-state index contributed by atoms with van der Waals surface area (Å²) in [5.74, 6) is 0. The number of nitrogens with zero attached hydrogens (tertiary/aromatic N) is 1. The van der Waals surface area contributed by atoms with Gasteiger partial charge in [0.2, 0.25) is 0 Å². The van der Waals surface area contributed by atoms with Gasteiger partial charge in [-0.05, 0) is 32.4 Å². The van der Waals surface area contributed by atoms with Crippen LogP contribution in [0.15, 0.2) is 30.3 Å². The second kappa shape index (κ2) is 6.77. The summed E-state index contributed by atoms with van der Waals surface area (Å²) < 4.78 is 0. The van der Waals surface area contributed by atoms with Crippen LogP contribution in [0.2, 0.25) is 0 Å². The molecule has 0 aliphatic heterocycles. The molecular formula is C15H26N2. The molecule has 2 unspecified atom stereocenters. The topological polar surface area (TPSA) is 29.3 Å². The Bertz CT molecular complexity index is 306. The van der Waals surface area contributed by atoms with E-state index in [0.717, 1.165) is 0 Å². The Hall–Kier alpha value is -0.860. The summed E-state index contributed by atoms with van der Waals surface area (Å²) in [5.41, 5.74) is 7.57. The number of benzene rings is 1. The van der Waals surface area contributed by atoms with E-state index in [1.807, 2.05) is 6.07 Å². The molecule has 0 spiro atoms. The van der Waals surface area contributed by atoms with Crippen LogP contribution in [-0.4, -0.2) is 24.0 Å². The van der Waals surface area contributed by atoms with Gasteiger partial charge in [-0.1, -0.05) is 44.2 Å². The van der Waals surface area contributed by atoms with Crippen molar-refractivity contribution >= 4 is 0 Å². The molecule has 0 radical (unpaired) electrons. The van der Waals surface area contributed by atoms with E-state index in [1.165, 1.54) is 18.4 Å². The van der Waals surface area contributed by atoms with Crippen molar-refractivity contribution in [1.29, 1.82) is 0 Å². The first-order chi connectivity index (χ1) is 8.11. The number of nitrogens with two attached hydrogens (primary N) is 1. The molecule has 1 aromatic carbocycles. The molecule has 0 saturated heterocycles. The number of rotatable bonds is 6. The maximum atomic E-state index is 6.34. The Morgan fingerprint density at radius 1 is 1.12 bits per heavy atom. The third-order valence-electron chi connectivity index (χ3n) is 3.87. The quantitative estimate of drug-likeness (QED) is 0.819. The highest BCUT2D eigenvalue weighted by atomic mass is 15.2. The predicted molar refractivity (Wildman–Crippen MR) is 75.0 cm³/mol. The van der Waals surface area contributed by atoms with Crippen LogP contribution in [-0.2, 0) is 0 Å². The summed E-state index contributed by atoms with van der Waals surface area (Å²) in [6.45, 7) is 6.70. The molecule has 2 N–H and O–H groups in total. The zero-order chi connectivity index (χ0) is 12.8. The summed E-state index contributed by atoms with van der Waals surface area (Å²) >= 11 is 0. The van der Waals surface area contributed by atoms with Crippen molar-refractivity contribution in [3.05, 3.63) is 35.9 Å². The van der Waals surface area contributed by atoms with Gasteiger partial charge in [0.15, 0.2) is 0 Å². The summed E-state index contributed by atoms with van der Waals surface area (Å²) in [6, 6.07) is 11.4. The smallest absolute Gasteiger partial charge is 0.0450 e. The fourth-order valence-corrected chi connectivity index (χ4v) is 2.40. The Balaban J connectivity index is 2.72. The Kier molecular flexibility index (Phi) is 5.66. The van der Waals surface area contributed by atoms with E-state index in [9.17, 15) is 0 Å². The van der Waals surface area contributed by atoms with Gasteiger partial charge in [-0.25, -0.2) is 0 Å². The molecule has 0 aliphatic rings. The van der Waals surface area contributed by atoms with Crippen molar-refractivity contribution in [2.24, 2.45) is 5.73 Å². The highest BCUT2D eigenvalue weighted by molar-refractivity contribution is 5.19. The maximum Gasteiger partial charge on any atom is 0.0450 e. The van der Waals surface area contributed by atoms with E-state index in [1.54, 1.807) is 0 Å². The van der Waals surface area contributed by atoms with Crippen molar-refractivity contribution in [2.75, 3.05) is 7.05 Å². The number of likely N-dealkylation sites (N-methyl/N-ethyl adjacent to an activating group) is 1. The van der Waals surface area contributed by atoms with Gasteiger partial charge in [0, 0.05) is 18.1 Å². The van der Waals surface area contributed by atoms with Crippen LogP contribution >= 0.6 is 0 Å². The molecule has 2 atom stereocenters. The summed E-state index contributed by atoms with van der Waals surface area (Å²) in [7, 11) is 2.19. The van der Waals surface area contributed by atoms with Crippen LogP contribution in [0.1, 0.15) is 45.2 Å². The first-order valence-electron chi connectivity index (χ1n) is 6.64. The molecule has 0 aromatic heterocycles. The van der Waals surface area contributed by atoms with Crippen LogP contribution in [0, 0.1) is 0 Å². The minimum atomic E-state index is 0.0850. The van der Waals surface area contributed by atoms with Crippen LogP contribution in [0.4, 0.5) is 0 Å². The van der Waals surface area contributed by atoms with Crippen LogP contribution < -0.4 is 5.73 Å². The van der Waals surface area contributed by atoms with Gasteiger partial charge in [0.1, 0.15) is 0 Å². The minimum absolute atomic E-state index is 0.0850. The van der Waals surface area contributed by atoms with Crippen molar-refractivity contribution in [1.82, 2.24) is 4.90 Å². The first-order valence-corrected chi connectivity index (χ1v) is 6.64. The summed E-state index contributed by atoms with van der Waals surface area (Å²) in [6.07, 6.45) is 2.36. The number of hydrogen-bond donors (Lipinski definition) is 1. The average molecular weight is 234 g/mol. The number of hydrogen-bond acceptors (Lipinski definition) is 2. The molecule has 96 valence electrons. The van der Waals surface area contributed by atoms with E-state index in [4.69, 9.17) is 5.73 Å². The molecule has 0 fully saturated rings. The standard InChI is InChI=1S/C15H26N2/c1-5-14(6-2)17(4)12(3)15(16)13-10-8-7-9-11-13/h7-12,14-15H,5-6,16H2,1-4H3. The van der Waals surface area contributed by atoms with Crippen molar-refractivity contribution < 1.29 is 0 Å². The average Bonchev–Trinajstić information content (AvgIpc) is 2.39. The molecule has 0 amide bonds. The summed E-state index contributed by atoms with van der Waals surface area (Å²) in [5, 5.41) is 0. The molecule has 2 nitrogen and oxygen atoms in total. The lowest BCUT2D eigenvalue weighted by Crippen LogP contribution is -2.43. The largest absolute Gasteiger partial charge is 0.323 e. The molecule has 0 saturated carbocycles. The lowest BCUT2D eigenvalue weighted by Gasteiger charge is -2.35. The van der Waals surface area contributed by atoms with E-state index in [-0.39, 0.29) is 6.04 Å². The van der Waals surface area contributed by atoms with Gasteiger partial charge in [0.05, 0.1) is 0 Å². The first kappa shape index (κ1) is 14.2. The van der Waals surface area contributed by atoms with E-state index in [0.29, 0.717) is 12.1 Å². The Labute approximate surface area is 106 Å². The lowest BCUT2D eigenvalue weighted by molar-refractivity contribution is 0.154. The molecule has 2 heteroatoms. The highest BCUT2D eigenvalue weighted by Gasteiger charge is 2.22. The van der Waals surface area contributed by atoms with Crippen molar-refractivity contribution in [3.63, 3.8) is 0 Å². The van der Waals surface area contributed by atoms with E-state index in [2.05, 4.69) is 57.0 Å². The fourth-order valence-electron chi connectivity index (χ4n) is 2.40. The van der Waals surface area contributed by atoms with Gasteiger partial charge in [-0.2, -0.15) is 0 Å². The third-order valence-corrected chi connectivity index (χ3v) is 3.87. The molecule has 1 aromatic rings. The molecule has 0 aliphatic carbocycles. The zero-order valence-corrected chi connectivity index (χ0v) is 11.6. The van der Waals surface area contributed by atoms with Crippen molar-refractivity contribution in [2.45, 2.75) is 51.7 Å². The summed E-state index contributed by atoms with van der Waals surface area (Å²) in [4.78, 5) is 2.41. The van der Waals surface area contributed by atoms with Crippen LogP contribution in [0.5, 0.6) is 0 Å². The van der Waals surface area contributed by atoms with Gasteiger partial charge < -0.3 is 5.73 Å². The highest BCUT2D eigenvalue weighted by Crippen LogP contribution is 2.20. The molecule has 0 heterocycles. The normalized spacial score (nSPS) is 15.2. The fraction of sp³-hybridized carbons (Fsp3) is 0.600. The maximum absolute atomic E-state index is 6.34. The second-order valence-corrected chi connectivity index (χ2v) is 4.81. The second-order valence-electron chi connectivity index (χ2n) is 4.81. The molecule has 17 heavy (non-hydrogen) atoms. The van der Waals surface area contributed by atoms with Crippen LogP contribution in [0.25, 0.3) is 0 Å². The van der Waals surface area contributed by atoms with Gasteiger partial charge in [0.25, 0.3) is 0 Å². The Morgan fingerprint density at radius 2 is 1.65 bits per heavy atom. The Morgan fingerprint density at radius 3 is 2.12 bits per heavy atom. The molecule has 0 bridgehead atoms. The minimum Gasteiger partial charge on any atom is -0.323 e. The molecular weight excluding hydrogens is 208 g/mol. The zero-order valence-electron chi connectivity index (χ0n) is 11.6. The van der Waals surface area contributed by atoms with Gasteiger partial charge >= 0.3 is 0 Å². The van der Waals surface area contributed by atoms with Gasteiger partial charge in [-0.3, -0.25) is 4.90 Å². The van der Waals surface area contributed by atoms with E-state index >= 15 is 0 Å². The van der Waals surface area contributed by atoms with Crippen molar-refractivity contribution in [3.8, 4) is 0 Å². The van der Waals surface area contributed by atoms with Crippen LogP contribution in [0.3, 0.4) is 0 Å². The monoisotopic (exact) mass is 234 g/mol. The van der Waals surface area contributed by atoms with E-state index < -0.39 is 0 Å².